The fourth-order valence-electron chi connectivity index (χ4n) is 1.97. The van der Waals surface area contributed by atoms with Crippen LogP contribution in [0.25, 0.3) is 0 Å². The van der Waals surface area contributed by atoms with Gasteiger partial charge >= 0.3 is 0 Å². The van der Waals surface area contributed by atoms with Crippen LogP contribution in [0.4, 0.5) is 11.4 Å². The third-order valence-corrected chi connectivity index (χ3v) is 5.51. The molecule has 0 saturated carbocycles. The summed E-state index contributed by atoms with van der Waals surface area (Å²) in [6.07, 6.45) is 0. The number of benzene rings is 1. The Balaban J connectivity index is 1.99. The first-order chi connectivity index (χ1) is 9.77. The highest BCUT2D eigenvalue weighted by molar-refractivity contribution is 7.91. The molecule has 2 unspecified atom stereocenters. The number of nitrogens with one attached hydrogen (secondary N) is 2. The van der Waals surface area contributed by atoms with E-state index < -0.39 is 26.2 Å². The number of thiocarbonyl (C=S) groups is 1. The molecule has 2 rings (SSSR count). The van der Waals surface area contributed by atoms with Crippen LogP contribution in [0.2, 0.25) is 0 Å². The normalized spacial score (nSPS) is 23.5. The Labute approximate surface area is 131 Å². The number of hydrogen-bond acceptors (Lipinski definition) is 5. The minimum atomic E-state index is -3.15. The molecule has 1 fully saturated rings. The number of non-ortho nitro benzene ring substituents is 1. The number of rotatable bonds is 3. The lowest BCUT2D eigenvalue weighted by atomic mass is 10.2. The standard InChI is InChI=1S/C11H12ClN3O4S2/c12-9-5-21(18,19)6-10(9)14-11(20)13-7-2-1-3-8(4-7)15(16)17/h1-4,9-10H,5-6H2,(H2,13,14,20). The van der Waals surface area contributed by atoms with Gasteiger partial charge in [-0.15, -0.1) is 11.6 Å². The van der Waals surface area contributed by atoms with E-state index in [4.69, 9.17) is 23.8 Å². The van der Waals surface area contributed by atoms with E-state index >= 15 is 0 Å². The summed E-state index contributed by atoms with van der Waals surface area (Å²) in [7, 11) is -3.15. The highest BCUT2D eigenvalue weighted by atomic mass is 35.5. The maximum Gasteiger partial charge on any atom is 0.271 e. The van der Waals surface area contributed by atoms with Crippen molar-refractivity contribution in [2.24, 2.45) is 0 Å². The number of halogens is 1. The zero-order valence-electron chi connectivity index (χ0n) is 10.7. The van der Waals surface area contributed by atoms with Gasteiger partial charge in [-0.1, -0.05) is 6.07 Å². The Morgan fingerprint density at radius 2 is 2.14 bits per heavy atom. The van der Waals surface area contributed by atoms with Gasteiger partial charge in [0, 0.05) is 17.8 Å². The molecule has 0 aliphatic carbocycles. The highest BCUT2D eigenvalue weighted by Gasteiger charge is 2.36. The van der Waals surface area contributed by atoms with Gasteiger partial charge in [0.1, 0.15) is 0 Å². The molecule has 0 bridgehead atoms. The largest absolute Gasteiger partial charge is 0.357 e. The summed E-state index contributed by atoms with van der Waals surface area (Å²) < 4.78 is 22.9. The molecule has 2 N–H and O–H groups in total. The monoisotopic (exact) mass is 349 g/mol. The summed E-state index contributed by atoms with van der Waals surface area (Å²) in [6.45, 7) is 0. The van der Waals surface area contributed by atoms with Crippen LogP contribution in [0.15, 0.2) is 24.3 Å². The number of nitro benzene ring substituents is 1. The Morgan fingerprint density at radius 1 is 1.43 bits per heavy atom. The Bertz CT molecular complexity index is 680. The lowest BCUT2D eigenvalue weighted by Gasteiger charge is -2.17. The van der Waals surface area contributed by atoms with Crippen molar-refractivity contribution >= 4 is 50.1 Å². The second-order valence-electron chi connectivity index (χ2n) is 4.61. The molecule has 1 saturated heterocycles. The molecule has 1 aliphatic rings. The van der Waals surface area contributed by atoms with E-state index in [0.29, 0.717) is 5.69 Å². The summed E-state index contributed by atoms with van der Waals surface area (Å²) in [6, 6.07) is 5.35. The lowest BCUT2D eigenvalue weighted by Crippen LogP contribution is -2.42. The minimum Gasteiger partial charge on any atom is -0.357 e. The molecule has 10 heteroatoms. The SMILES string of the molecule is O=[N+]([O-])c1cccc(NC(=S)NC2CS(=O)(=O)CC2Cl)c1. The zero-order valence-corrected chi connectivity index (χ0v) is 13.0. The van der Waals surface area contributed by atoms with Crippen molar-refractivity contribution in [1.82, 2.24) is 5.32 Å². The number of anilines is 1. The van der Waals surface area contributed by atoms with Crippen molar-refractivity contribution in [3.8, 4) is 0 Å². The molecule has 0 aromatic heterocycles. The van der Waals surface area contributed by atoms with Crippen molar-refractivity contribution in [3.63, 3.8) is 0 Å². The van der Waals surface area contributed by atoms with Gasteiger partial charge in [-0.2, -0.15) is 0 Å². The molecule has 114 valence electrons. The number of nitro groups is 1. The van der Waals surface area contributed by atoms with E-state index in [9.17, 15) is 18.5 Å². The molecule has 1 heterocycles. The fourth-order valence-corrected chi connectivity index (χ4v) is 4.79. The number of sulfone groups is 1. The molecule has 0 amide bonds. The number of alkyl halides is 1. The fraction of sp³-hybridized carbons (Fsp3) is 0.364. The Hall–Kier alpha value is -1.45. The van der Waals surface area contributed by atoms with E-state index in [-0.39, 0.29) is 22.3 Å². The maximum absolute atomic E-state index is 11.4. The van der Waals surface area contributed by atoms with Gasteiger partial charge in [0.15, 0.2) is 14.9 Å². The van der Waals surface area contributed by atoms with E-state index in [2.05, 4.69) is 10.6 Å². The second kappa shape index (κ2) is 6.12. The molecule has 0 spiro atoms. The summed E-state index contributed by atoms with van der Waals surface area (Å²) in [5, 5.41) is 15.9. The van der Waals surface area contributed by atoms with Gasteiger partial charge in [-0.05, 0) is 18.3 Å². The summed E-state index contributed by atoms with van der Waals surface area (Å²) in [5.41, 5.74) is 0.371. The zero-order chi connectivity index (χ0) is 15.6. The van der Waals surface area contributed by atoms with E-state index in [0.717, 1.165) is 0 Å². The predicted molar refractivity (Wildman–Crippen MR) is 84.5 cm³/mol. The van der Waals surface area contributed by atoms with Crippen LogP contribution in [0.3, 0.4) is 0 Å². The van der Waals surface area contributed by atoms with Crippen molar-refractivity contribution < 1.29 is 13.3 Å². The van der Waals surface area contributed by atoms with E-state index in [1.165, 1.54) is 18.2 Å². The average molecular weight is 350 g/mol. The predicted octanol–water partition coefficient (Wildman–Crippen LogP) is 1.29. The van der Waals surface area contributed by atoms with Crippen molar-refractivity contribution in [1.29, 1.82) is 0 Å². The topological polar surface area (TPSA) is 101 Å². The maximum atomic E-state index is 11.4. The van der Waals surface area contributed by atoms with Crippen LogP contribution in [0, 0.1) is 10.1 Å². The van der Waals surface area contributed by atoms with E-state index in [1.54, 1.807) is 6.07 Å². The first-order valence-electron chi connectivity index (χ1n) is 5.93. The average Bonchev–Trinajstić information content (AvgIpc) is 2.62. The number of nitrogens with zero attached hydrogens (tertiary/aromatic N) is 1. The second-order valence-corrected chi connectivity index (χ2v) is 7.73. The first-order valence-corrected chi connectivity index (χ1v) is 8.60. The van der Waals surface area contributed by atoms with Gasteiger partial charge in [0.05, 0.1) is 27.8 Å². The molecule has 1 aliphatic heterocycles. The van der Waals surface area contributed by atoms with Crippen LogP contribution < -0.4 is 10.6 Å². The molecule has 21 heavy (non-hydrogen) atoms. The molecule has 1 aromatic carbocycles. The van der Waals surface area contributed by atoms with E-state index in [1.807, 2.05) is 0 Å². The third-order valence-electron chi connectivity index (χ3n) is 2.91. The minimum absolute atomic E-state index is 0.0681. The van der Waals surface area contributed by atoms with Crippen LogP contribution in [0.5, 0.6) is 0 Å². The third kappa shape index (κ3) is 4.26. The quantitative estimate of drug-likeness (QED) is 0.367. The van der Waals surface area contributed by atoms with Crippen molar-refractivity contribution in [2.75, 3.05) is 16.8 Å². The number of hydrogen-bond donors (Lipinski definition) is 2. The molecule has 1 aromatic rings. The van der Waals surface area contributed by atoms with Gasteiger partial charge in [-0.25, -0.2) is 8.42 Å². The van der Waals surface area contributed by atoms with Gasteiger partial charge < -0.3 is 10.6 Å². The first kappa shape index (κ1) is 15.9. The molecule has 2 atom stereocenters. The molecule has 0 radical (unpaired) electrons. The lowest BCUT2D eigenvalue weighted by molar-refractivity contribution is -0.384. The van der Waals surface area contributed by atoms with Crippen LogP contribution >= 0.6 is 23.8 Å². The molecular weight excluding hydrogens is 338 g/mol. The highest BCUT2D eigenvalue weighted by Crippen LogP contribution is 2.19. The van der Waals surface area contributed by atoms with Crippen LogP contribution in [0.1, 0.15) is 0 Å². The molecular formula is C11H12ClN3O4S2. The summed E-state index contributed by atoms with van der Waals surface area (Å²) >= 11 is 11.0. The molecule has 7 nitrogen and oxygen atoms in total. The Morgan fingerprint density at radius 3 is 2.71 bits per heavy atom. The summed E-state index contributed by atoms with van der Waals surface area (Å²) in [5.74, 6) is -0.177. The van der Waals surface area contributed by atoms with Crippen LogP contribution in [-0.4, -0.2) is 41.4 Å². The van der Waals surface area contributed by atoms with Gasteiger partial charge in [-0.3, -0.25) is 10.1 Å². The van der Waals surface area contributed by atoms with Crippen molar-refractivity contribution in [3.05, 3.63) is 34.4 Å². The van der Waals surface area contributed by atoms with Gasteiger partial charge in [0.25, 0.3) is 5.69 Å². The summed E-state index contributed by atoms with van der Waals surface area (Å²) in [4.78, 5) is 10.2. The van der Waals surface area contributed by atoms with Crippen LogP contribution in [-0.2, 0) is 9.84 Å². The van der Waals surface area contributed by atoms with Crippen molar-refractivity contribution in [2.45, 2.75) is 11.4 Å². The smallest absolute Gasteiger partial charge is 0.271 e. The Kier molecular flexibility index (Phi) is 4.64. The van der Waals surface area contributed by atoms with Gasteiger partial charge in [0.2, 0.25) is 0 Å².